The van der Waals surface area contributed by atoms with Crippen LogP contribution in [0.25, 0.3) is 78.7 Å². The number of unbranched alkanes of at least 4 members (excludes halogenated alkanes) is 11. The molecule has 0 N–H and O–H groups in total. The highest BCUT2D eigenvalue weighted by Crippen LogP contribution is 2.56. The van der Waals surface area contributed by atoms with E-state index in [1.54, 1.807) is 11.1 Å². The van der Waals surface area contributed by atoms with E-state index in [4.69, 9.17) is 15.0 Å². The molecule has 11 aromatic carbocycles. The number of benzene rings is 11. The van der Waals surface area contributed by atoms with Crippen LogP contribution in [0.2, 0.25) is 0 Å². The number of anilines is 6. The molecule has 1 aromatic heterocycles. The second kappa shape index (κ2) is 34.5. The molecule has 0 saturated carbocycles. The van der Waals surface area contributed by atoms with Crippen LogP contribution in [-0.4, -0.2) is 15.0 Å². The molecule has 0 radical (unpaired) electrons. The van der Waals surface area contributed by atoms with Crippen molar-refractivity contribution in [2.24, 2.45) is 0 Å². The van der Waals surface area contributed by atoms with Crippen molar-refractivity contribution in [1.82, 2.24) is 15.0 Å². The van der Waals surface area contributed by atoms with Crippen LogP contribution in [0.3, 0.4) is 0 Å². The monoisotopic (exact) mass is 1370 g/mol. The number of fused-ring (bicyclic) bond motifs is 3. The number of rotatable bonds is 33. The van der Waals surface area contributed by atoms with E-state index in [9.17, 15) is 0 Å². The number of hydrogen-bond donors (Lipinski definition) is 0. The number of hydrogen-bond acceptors (Lipinski definition) is 5. The van der Waals surface area contributed by atoms with Gasteiger partial charge in [-0.1, -0.05) is 299 Å². The van der Waals surface area contributed by atoms with Crippen molar-refractivity contribution in [3.8, 4) is 78.7 Å². The van der Waals surface area contributed by atoms with E-state index >= 15 is 0 Å². The van der Waals surface area contributed by atoms with Gasteiger partial charge in [-0.05, 0) is 229 Å². The Bertz CT molecular complexity index is 4730. The predicted octanol–water partition coefficient (Wildman–Crippen LogP) is 28.8. The lowest BCUT2D eigenvalue weighted by Gasteiger charge is -2.33. The van der Waals surface area contributed by atoms with E-state index in [1.807, 2.05) is 0 Å². The summed E-state index contributed by atoms with van der Waals surface area (Å²) in [5.74, 6) is 2.01. The Hall–Kier alpha value is -9.97. The van der Waals surface area contributed by atoms with E-state index in [2.05, 4.69) is 314 Å². The van der Waals surface area contributed by atoms with Crippen LogP contribution in [0.15, 0.2) is 249 Å². The van der Waals surface area contributed by atoms with Gasteiger partial charge in [-0.15, -0.1) is 0 Å². The highest BCUT2D eigenvalue weighted by Gasteiger charge is 2.42. The van der Waals surface area contributed by atoms with Crippen LogP contribution in [0.4, 0.5) is 34.1 Å². The highest BCUT2D eigenvalue weighted by molar-refractivity contribution is 5.87. The van der Waals surface area contributed by atoms with E-state index in [0.29, 0.717) is 17.5 Å². The van der Waals surface area contributed by atoms with E-state index in [-0.39, 0.29) is 5.41 Å². The Morgan fingerprint density at radius 2 is 0.577 bits per heavy atom. The summed E-state index contributed by atoms with van der Waals surface area (Å²) in [5.41, 5.74) is 30.8. The summed E-state index contributed by atoms with van der Waals surface area (Å²) >= 11 is 0. The van der Waals surface area contributed by atoms with Gasteiger partial charge in [0.05, 0.1) is 0 Å². The zero-order valence-electron chi connectivity index (χ0n) is 63.3. The molecule has 1 aliphatic rings. The summed E-state index contributed by atoms with van der Waals surface area (Å²) in [6.07, 6.45) is 25.6. The van der Waals surface area contributed by atoms with Gasteiger partial charge in [0, 0.05) is 56.2 Å². The topological polar surface area (TPSA) is 45.2 Å². The van der Waals surface area contributed by atoms with Gasteiger partial charge in [0.1, 0.15) is 0 Å². The maximum Gasteiger partial charge on any atom is 0.164 e. The van der Waals surface area contributed by atoms with Gasteiger partial charge >= 0.3 is 0 Å². The van der Waals surface area contributed by atoms with Crippen molar-refractivity contribution < 1.29 is 0 Å². The summed E-state index contributed by atoms with van der Waals surface area (Å²) in [6, 6.07) is 93.8. The molecule has 1 heterocycles. The van der Waals surface area contributed by atoms with Gasteiger partial charge in [-0.3, -0.25) is 0 Å². The van der Waals surface area contributed by atoms with Crippen molar-refractivity contribution in [1.29, 1.82) is 0 Å². The average molecular weight is 1370 g/mol. The van der Waals surface area contributed by atoms with Crippen LogP contribution in [0, 0.1) is 20.8 Å². The second-order valence-electron chi connectivity index (χ2n) is 29.6. The van der Waals surface area contributed by atoms with Crippen LogP contribution < -0.4 is 9.80 Å². The number of aryl methyl sites for hydroxylation is 5. The molecular formula is C99H107N5. The van der Waals surface area contributed by atoms with Crippen molar-refractivity contribution in [2.45, 2.75) is 196 Å². The predicted molar refractivity (Wildman–Crippen MR) is 445 cm³/mol. The first-order valence-corrected chi connectivity index (χ1v) is 39.5. The van der Waals surface area contributed by atoms with Gasteiger partial charge < -0.3 is 9.80 Å². The number of aromatic nitrogens is 3. The number of nitrogens with zero attached hydrogens (tertiary/aromatic N) is 5. The fourth-order valence-electron chi connectivity index (χ4n) is 15.9. The minimum atomic E-state index is 0.0291. The minimum Gasteiger partial charge on any atom is -0.311 e. The van der Waals surface area contributed by atoms with E-state index in [0.717, 1.165) is 75.6 Å². The van der Waals surface area contributed by atoms with Gasteiger partial charge in [-0.25, -0.2) is 15.0 Å². The fraction of sp³-hybridized carbons (Fsp3) is 0.303. The molecule has 5 heteroatoms. The molecule has 13 rings (SSSR count). The zero-order chi connectivity index (χ0) is 71.8. The minimum absolute atomic E-state index is 0.0291. The average Bonchev–Trinajstić information content (AvgIpc) is 1.57. The van der Waals surface area contributed by atoms with Crippen molar-refractivity contribution in [3.63, 3.8) is 0 Å². The molecule has 104 heavy (non-hydrogen) atoms. The Kier molecular flexibility index (Phi) is 24.0. The molecule has 1 aliphatic carbocycles. The summed E-state index contributed by atoms with van der Waals surface area (Å²) in [4.78, 5) is 20.2. The standard InChI is InChI=1S/C99H107N5/c1-9-14-19-22-28-76-34-42-81(43-35-76)97-100-96(80-40-31-71(6)32-41-80)101-98(102-97)82-46-44-78(45-47-82)90-29-25-30-91(73(90)8)79-50-59-87(60-51-79)104(85-55-38-75(39-56-85)27-18-13-5)89-63-61-88(62-64-89)103(84-53-36-74(37-54-84)26-17-12-4)86-57-48-77(49-58-86)83-52-66-93-92-65-33-72(7)69-94(92)99(95(93)70-83,67-23-20-15-10-2)68-24-21-16-11-3/h25,29-66,69-70H,9-24,26-28,67-68H2,1-8H3. The maximum absolute atomic E-state index is 5.14. The van der Waals surface area contributed by atoms with Crippen LogP contribution in [-0.2, 0) is 24.7 Å². The lowest BCUT2D eigenvalue weighted by atomic mass is 9.70. The van der Waals surface area contributed by atoms with Crippen molar-refractivity contribution in [2.75, 3.05) is 9.80 Å². The third kappa shape index (κ3) is 16.6. The molecule has 5 nitrogen and oxygen atoms in total. The molecule has 0 fully saturated rings. The lowest BCUT2D eigenvalue weighted by Crippen LogP contribution is -2.25. The zero-order valence-corrected chi connectivity index (χ0v) is 63.3. The molecule has 0 atom stereocenters. The molecule has 528 valence electrons. The van der Waals surface area contributed by atoms with Gasteiger partial charge in [0.25, 0.3) is 0 Å². The molecular weight excluding hydrogens is 1260 g/mol. The quantitative estimate of drug-likeness (QED) is 0.0384. The Morgan fingerprint density at radius 3 is 1.02 bits per heavy atom. The Labute approximate surface area is 622 Å². The summed E-state index contributed by atoms with van der Waals surface area (Å²) in [5, 5.41) is 0. The van der Waals surface area contributed by atoms with Gasteiger partial charge in [0.15, 0.2) is 17.5 Å². The molecule has 0 spiro atoms. The molecule has 12 aromatic rings. The summed E-state index contributed by atoms with van der Waals surface area (Å²) in [7, 11) is 0. The molecule has 0 aliphatic heterocycles. The summed E-state index contributed by atoms with van der Waals surface area (Å²) in [6.45, 7) is 18.1. The Morgan fingerprint density at radius 1 is 0.260 bits per heavy atom. The maximum atomic E-state index is 5.14. The van der Waals surface area contributed by atoms with Crippen LogP contribution in [0.5, 0.6) is 0 Å². The van der Waals surface area contributed by atoms with E-state index < -0.39 is 0 Å². The SMILES string of the molecule is CCCCCCc1ccc(-c2nc(-c3ccc(C)cc3)nc(-c3ccc(-c4cccc(-c5ccc(N(c6ccc(CCCC)cc6)c6ccc(N(c7ccc(CCCC)cc7)c7ccc(-c8ccc9c(c8)C(CCCCCC)(CCCCCC)c8cc(C)ccc8-9)cc7)cc6)cc5)c4C)cc3)n2)cc1. The normalized spacial score (nSPS) is 12.2. The highest BCUT2D eigenvalue weighted by atomic mass is 15.2. The van der Waals surface area contributed by atoms with Crippen molar-refractivity contribution in [3.05, 3.63) is 293 Å². The third-order valence-corrected chi connectivity index (χ3v) is 22.0. The smallest absolute Gasteiger partial charge is 0.164 e. The van der Waals surface area contributed by atoms with Gasteiger partial charge in [0.2, 0.25) is 0 Å². The lowest BCUT2D eigenvalue weighted by molar-refractivity contribution is 0.401. The van der Waals surface area contributed by atoms with E-state index in [1.165, 1.54) is 188 Å². The van der Waals surface area contributed by atoms with Crippen LogP contribution in [0.1, 0.15) is 195 Å². The third-order valence-electron chi connectivity index (χ3n) is 22.0. The fourth-order valence-corrected chi connectivity index (χ4v) is 15.9. The van der Waals surface area contributed by atoms with Gasteiger partial charge in [-0.2, -0.15) is 0 Å². The Balaban J connectivity index is 0.794. The largest absolute Gasteiger partial charge is 0.311 e. The summed E-state index contributed by atoms with van der Waals surface area (Å²) < 4.78 is 0. The molecule has 0 amide bonds. The molecule has 0 saturated heterocycles. The first kappa shape index (κ1) is 72.4. The van der Waals surface area contributed by atoms with Crippen molar-refractivity contribution >= 4 is 34.1 Å². The van der Waals surface area contributed by atoms with Crippen LogP contribution >= 0.6 is 0 Å². The first-order chi connectivity index (χ1) is 51.0. The first-order valence-electron chi connectivity index (χ1n) is 39.5. The second-order valence-corrected chi connectivity index (χ2v) is 29.6. The molecule has 0 unspecified atom stereocenters. The molecule has 0 bridgehead atoms.